The van der Waals surface area contributed by atoms with Crippen molar-refractivity contribution in [3.8, 4) is 5.75 Å². The highest BCUT2D eigenvalue weighted by Crippen LogP contribution is 2.58. The maximum absolute atomic E-state index is 14.1. The molecule has 10 nitrogen and oxygen atoms in total. The van der Waals surface area contributed by atoms with E-state index in [9.17, 15) is 39.0 Å². The first-order chi connectivity index (χ1) is 17.2. The lowest BCUT2D eigenvalue weighted by atomic mass is 9.46. The van der Waals surface area contributed by atoms with Crippen molar-refractivity contribution in [3.05, 3.63) is 26.8 Å². The molecule has 2 saturated carbocycles. The van der Waals surface area contributed by atoms with Gasteiger partial charge in [0.25, 0.3) is 0 Å². The average Bonchev–Trinajstić information content (AvgIpc) is 2.81. The van der Waals surface area contributed by atoms with E-state index in [-0.39, 0.29) is 29.9 Å². The van der Waals surface area contributed by atoms with Gasteiger partial charge in [-0.15, -0.1) is 0 Å². The van der Waals surface area contributed by atoms with Crippen LogP contribution in [0.2, 0.25) is 0 Å². The van der Waals surface area contributed by atoms with Crippen molar-refractivity contribution in [3.63, 3.8) is 0 Å². The van der Waals surface area contributed by atoms with E-state index in [1.807, 2.05) is 22.6 Å². The second-order valence-corrected chi connectivity index (χ2v) is 11.7. The second kappa shape index (κ2) is 9.35. The number of phenols is 1. The summed E-state index contributed by atoms with van der Waals surface area (Å²) in [4.78, 5) is 81.4. The van der Waals surface area contributed by atoms with Crippen LogP contribution in [0.25, 0.3) is 0 Å². The molecule has 0 radical (unpaired) electrons. The third-order valence-electron chi connectivity index (χ3n) is 8.47. The van der Waals surface area contributed by atoms with Crippen LogP contribution in [-0.2, 0) is 24.0 Å². The highest BCUT2D eigenvalue weighted by molar-refractivity contribution is 14.1. The number of ketones is 5. The Bertz CT molecular complexity index is 1260. The van der Waals surface area contributed by atoms with Gasteiger partial charge >= 0.3 is 0 Å². The molecule has 37 heavy (non-hydrogen) atoms. The first-order valence-electron chi connectivity index (χ1n) is 12.1. The van der Waals surface area contributed by atoms with Gasteiger partial charge in [0, 0.05) is 22.3 Å². The number of nitrogens with two attached hydrogens (primary N) is 1. The number of fused-ring (bicyclic) bond motifs is 3. The molecule has 0 spiro atoms. The SMILES string of the molecule is CCC(=O)C[C@H]1[C@H]2C(C(=O)c3c(O)ccc(I)c3[C@@H]2C)C(=O)[C@]2(O)C(=O)C(C(N)=O)C(=O)[C@@H](N(C)C)[C@H]12. The highest BCUT2D eigenvalue weighted by Gasteiger charge is 2.72. The summed E-state index contributed by atoms with van der Waals surface area (Å²) in [6.07, 6.45) is -0.0605. The number of carbonyl (C=O) groups excluding carboxylic acids is 6. The third-order valence-corrected chi connectivity index (χ3v) is 9.41. The quantitative estimate of drug-likeness (QED) is 0.314. The number of phenolic OH excluding ortho intramolecular Hbond substituents is 1. The van der Waals surface area contributed by atoms with E-state index in [2.05, 4.69) is 0 Å². The molecule has 0 aliphatic heterocycles. The van der Waals surface area contributed by atoms with Crippen LogP contribution < -0.4 is 5.73 Å². The Balaban J connectivity index is 2.05. The molecule has 1 aromatic carbocycles. The van der Waals surface area contributed by atoms with Gasteiger partial charge in [-0.1, -0.05) is 13.8 Å². The third kappa shape index (κ3) is 3.72. The number of hydrogen-bond donors (Lipinski definition) is 3. The van der Waals surface area contributed by atoms with Crippen molar-refractivity contribution in [2.75, 3.05) is 14.1 Å². The predicted octanol–water partition coefficient (Wildman–Crippen LogP) is 0.628. The Hall–Kier alpha value is -2.51. The van der Waals surface area contributed by atoms with Crippen molar-refractivity contribution >= 4 is 57.4 Å². The standard InChI is InChI=1S/C26H29IN2O8/c1-5-10(30)8-11-14-9(2)15-12(27)6-7-13(31)16(15)21(32)17(14)23(34)26(37)19(11)20(29(3)4)22(33)18(24(26)35)25(28)36/h6-7,9,11,14,17-20,31,37H,5,8H2,1-4H3,(H2,28,36)/t9-,11+,14+,17?,18?,19+,20+,26+/m1/s1. The van der Waals surface area contributed by atoms with Crippen LogP contribution in [0.3, 0.4) is 0 Å². The van der Waals surface area contributed by atoms with Gasteiger partial charge < -0.3 is 15.9 Å². The Morgan fingerprint density at radius 3 is 2.30 bits per heavy atom. The summed E-state index contributed by atoms with van der Waals surface area (Å²) in [6, 6.07) is 1.69. The summed E-state index contributed by atoms with van der Waals surface area (Å²) in [5, 5.41) is 22.5. The molecule has 198 valence electrons. The van der Waals surface area contributed by atoms with Gasteiger partial charge in [-0.25, -0.2) is 0 Å². The van der Waals surface area contributed by atoms with Gasteiger partial charge in [-0.05, 0) is 72.1 Å². The van der Waals surface area contributed by atoms with Crippen molar-refractivity contribution in [1.29, 1.82) is 0 Å². The van der Waals surface area contributed by atoms with Crippen LogP contribution in [0.4, 0.5) is 0 Å². The molecule has 4 rings (SSSR count). The number of aromatic hydroxyl groups is 1. The van der Waals surface area contributed by atoms with Crippen LogP contribution in [0.5, 0.6) is 5.75 Å². The molecule has 1 amide bonds. The molecule has 0 heterocycles. The number of likely N-dealkylation sites (N-methyl/N-ethyl adjacent to an activating group) is 1. The van der Waals surface area contributed by atoms with E-state index in [4.69, 9.17) is 5.73 Å². The number of rotatable bonds is 5. The summed E-state index contributed by atoms with van der Waals surface area (Å²) in [7, 11) is 3.02. The van der Waals surface area contributed by atoms with E-state index in [1.54, 1.807) is 19.9 Å². The minimum atomic E-state index is -2.90. The van der Waals surface area contributed by atoms with E-state index in [1.165, 1.54) is 25.1 Å². The maximum atomic E-state index is 14.1. The minimum Gasteiger partial charge on any atom is -0.507 e. The molecule has 3 aliphatic carbocycles. The van der Waals surface area contributed by atoms with Crippen LogP contribution >= 0.6 is 22.6 Å². The van der Waals surface area contributed by atoms with Gasteiger partial charge in [-0.3, -0.25) is 33.7 Å². The fourth-order valence-corrected chi connectivity index (χ4v) is 7.86. The van der Waals surface area contributed by atoms with Crippen LogP contribution in [-0.4, -0.2) is 75.7 Å². The Kier molecular flexibility index (Phi) is 6.95. The van der Waals surface area contributed by atoms with E-state index in [0.717, 1.165) is 0 Å². The van der Waals surface area contributed by atoms with E-state index < -0.39 is 76.2 Å². The van der Waals surface area contributed by atoms with Crippen LogP contribution in [0, 0.1) is 33.2 Å². The number of halogens is 1. The summed E-state index contributed by atoms with van der Waals surface area (Å²) < 4.78 is 0.673. The van der Waals surface area contributed by atoms with Crippen LogP contribution in [0.1, 0.15) is 48.5 Å². The zero-order valence-electron chi connectivity index (χ0n) is 20.9. The van der Waals surface area contributed by atoms with Crippen molar-refractivity contribution < 1.29 is 39.0 Å². The summed E-state index contributed by atoms with van der Waals surface area (Å²) in [5.74, 6) is -13.3. The maximum Gasteiger partial charge on any atom is 0.235 e. The van der Waals surface area contributed by atoms with Gasteiger partial charge in [0.2, 0.25) is 5.91 Å². The van der Waals surface area contributed by atoms with Gasteiger partial charge in [0.1, 0.15) is 11.5 Å². The number of Topliss-reactive ketones (excluding diaryl/α,β-unsaturated/α-hetero) is 5. The Morgan fingerprint density at radius 1 is 1.14 bits per heavy atom. The number of benzene rings is 1. The fourth-order valence-electron chi connectivity index (χ4n) is 6.92. The van der Waals surface area contributed by atoms with E-state index >= 15 is 0 Å². The van der Waals surface area contributed by atoms with Crippen LogP contribution in [0.15, 0.2) is 12.1 Å². The number of carbonyl (C=O) groups is 6. The molecule has 0 aromatic heterocycles. The second-order valence-electron chi connectivity index (χ2n) is 10.5. The Labute approximate surface area is 227 Å². The summed E-state index contributed by atoms with van der Waals surface area (Å²) >= 11 is 2.03. The molecule has 2 fully saturated rings. The van der Waals surface area contributed by atoms with Gasteiger partial charge in [0.05, 0.1) is 17.5 Å². The molecule has 1 aromatic rings. The van der Waals surface area contributed by atoms with Crippen molar-refractivity contribution in [2.45, 2.75) is 44.2 Å². The highest BCUT2D eigenvalue weighted by atomic mass is 127. The zero-order chi connectivity index (χ0) is 27.7. The van der Waals surface area contributed by atoms with Crippen molar-refractivity contribution in [2.24, 2.45) is 35.3 Å². The zero-order valence-corrected chi connectivity index (χ0v) is 23.0. The molecule has 0 bridgehead atoms. The summed E-state index contributed by atoms with van der Waals surface area (Å²) in [6.45, 7) is 3.42. The first-order valence-corrected chi connectivity index (χ1v) is 13.2. The molecule has 2 unspecified atom stereocenters. The molecule has 11 heteroatoms. The first kappa shape index (κ1) is 27.5. The number of primary amides is 1. The average molecular weight is 624 g/mol. The molecular formula is C26H29IN2O8. The van der Waals surface area contributed by atoms with Gasteiger partial charge in [-0.2, -0.15) is 0 Å². The normalized spacial score (nSPS) is 35.2. The van der Waals surface area contributed by atoms with Crippen molar-refractivity contribution in [1.82, 2.24) is 4.90 Å². The Morgan fingerprint density at radius 2 is 1.76 bits per heavy atom. The molecule has 4 N–H and O–H groups in total. The van der Waals surface area contributed by atoms with Gasteiger partial charge in [0.15, 0.2) is 34.7 Å². The minimum absolute atomic E-state index is 0.0634. The lowest BCUT2D eigenvalue weighted by Gasteiger charge is -2.57. The fraction of sp³-hybridized carbons (Fsp3) is 0.538. The largest absolute Gasteiger partial charge is 0.507 e. The molecule has 8 atom stereocenters. The number of hydrogen-bond acceptors (Lipinski definition) is 9. The lowest BCUT2D eigenvalue weighted by molar-refractivity contribution is -0.190. The molecule has 0 saturated heterocycles. The topological polar surface area (TPSA) is 172 Å². The monoisotopic (exact) mass is 624 g/mol. The predicted molar refractivity (Wildman–Crippen MR) is 138 cm³/mol. The summed E-state index contributed by atoms with van der Waals surface area (Å²) in [5.41, 5.74) is 2.94. The number of nitrogens with zero attached hydrogens (tertiary/aromatic N) is 1. The smallest absolute Gasteiger partial charge is 0.235 e. The number of aliphatic hydroxyl groups is 1. The molecular weight excluding hydrogens is 595 g/mol. The lowest BCUT2D eigenvalue weighted by Crippen LogP contribution is -2.76. The molecule has 3 aliphatic rings. The van der Waals surface area contributed by atoms with E-state index in [0.29, 0.717) is 9.13 Å². The number of amides is 1.